The van der Waals surface area contributed by atoms with E-state index in [-0.39, 0.29) is 30.6 Å². The molecule has 0 bridgehead atoms. The summed E-state index contributed by atoms with van der Waals surface area (Å²) in [7, 11) is 0. The molecule has 104 valence electrons. The zero-order valence-electron chi connectivity index (χ0n) is 10.6. The van der Waals surface area contributed by atoms with Crippen LogP contribution in [0.2, 0.25) is 0 Å². The van der Waals surface area contributed by atoms with E-state index in [1.54, 1.807) is 11.8 Å². The van der Waals surface area contributed by atoms with Crippen LogP contribution < -0.4 is 0 Å². The van der Waals surface area contributed by atoms with Crippen LogP contribution in [-0.4, -0.2) is 51.5 Å². The lowest BCUT2D eigenvalue weighted by molar-refractivity contribution is -0.135. The molecule has 1 aliphatic heterocycles. The summed E-state index contributed by atoms with van der Waals surface area (Å²) in [5.41, 5.74) is 0.488. The van der Waals surface area contributed by atoms with Gasteiger partial charge in [0, 0.05) is 13.1 Å². The third kappa shape index (κ3) is 2.86. The number of halogens is 1. The van der Waals surface area contributed by atoms with Crippen LogP contribution in [0.25, 0.3) is 0 Å². The molecule has 1 saturated heterocycles. The second-order valence-corrected chi connectivity index (χ2v) is 4.40. The minimum Gasteiger partial charge on any atom is -0.461 e. The third-order valence-corrected chi connectivity index (χ3v) is 3.18. The number of carbonyl (C=O) groups is 2. The summed E-state index contributed by atoms with van der Waals surface area (Å²) in [6.07, 6.45) is 1.03. The highest BCUT2D eigenvalue weighted by atomic mass is 35.5. The monoisotopic (exact) mass is 286 g/mol. The maximum atomic E-state index is 11.8. The van der Waals surface area contributed by atoms with Gasteiger partial charge in [0.25, 0.3) is 0 Å². The van der Waals surface area contributed by atoms with E-state index < -0.39 is 5.97 Å². The molecule has 7 nitrogen and oxygen atoms in total. The third-order valence-electron chi connectivity index (χ3n) is 2.93. The van der Waals surface area contributed by atoms with E-state index in [1.165, 1.54) is 4.68 Å². The number of alkyl halides is 1. The Morgan fingerprint density at radius 2 is 2.16 bits per heavy atom. The largest absolute Gasteiger partial charge is 0.461 e. The van der Waals surface area contributed by atoms with Crippen LogP contribution in [0.3, 0.4) is 0 Å². The normalized spacial score (nSPS) is 14.1. The van der Waals surface area contributed by atoms with Gasteiger partial charge in [-0.1, -0.05) is 5.21 Å². The number of amides is 1. The molecule has 0 spiro atoms. The smallest absolute Gasteiger partial charge is 0.360 e. The molecule has 0 atom stereocenters. The summed E-state index contributed by atoms with van der Waals surface area (Å²) >= 11 is 5.80. The summed E-state index contributed by atoms with van der Waals surface area (Å²) in [5.74, 6) is -0.562. The van der Waals surface area contributed by atoms with Gasteiger partial charge in [-0.2, -0.15) is 0 Å². The van der Waals surface area contributed by atoms with Crippen LogP contribution >= 0.6 is 11.6 Å². The van der Waals surface area contributed by atoms with Crippen LogP contribution in [0.5, 0.6) is 0 Å². The number of aromatic nitrogens is 3. The average molecular weight is 287 g/mol. The Bertz CT molecular complexity index is 484. The number of esters is 1. The van der Waals surface area contributed by atoms with Crippen molar-refractivity contribution >= 4 is 23.5 Å². The summed E-state index contributed by atoms with van der Waals surface area (Å²) in [6, 6.07) is 0. The molecule has 0 aromatic carbocycles. The van der Waals surface area contributed by atoms with Crippen LogP contribution in [0.15, 0.2) is 0 Å². The minimum atomic E-state index is -0.569. The van der Waals surface area contributed by atoms with Crippen LogP contribution in [0, 0.1) is 0 Å². The molecular formula is C11H15ClN4O3. The first-order chi connectivity index (χ1) is 9.17. The maximum Gasteiger partial charge on any atom is 0.360 e. The zero-order valence-corrected chi connectivity index (χ0v) is 11.4. The number of carbonyl (C=O) groups excluding carboxylic acids is 2. The molecule has 19 heavy (non-hydrogen) atoms. The second kappa shape index (κ2) is 6.01. The van der Waals surface area contributed by atoms with E-state index in [0.717, 1.165) is 19.5 Å². The fourth-order valence-corrected chi connectivity index (χ4v) is 2.01. The number of rotatable bonds is 5. The fourth-order valence-electron chi connectivity index (χ4n) is 1.74. The van der Waals surface area contributed by atoms with E-state index in [1.807, 2.05) is 0 Å². The lowest BCUT2D eigenvalue weighted by Gasteiger charge is -2.30. The fraction of sp³-hybridized carbons (Fsp3) is 0.636. The van der Waals surface area contributed by atoms with Gasteiger partial charge in [0.05, 0.1) is 18.2 Å². The molecule has 2 rings (SSSR count). The van der Waals surface area contributed by atoms with Gasteiger partial charge >= 0.3 is 5.97 Å². The second-order valence-electron chi connectivity index (χ2n) is 4.13. The van der Waals surface area contributed by atoms with Crippen molar-refractivity contribution in [3.63, 3.8) is 0 Å². The molecule has 1 aliphatic rings. The number of nitrogens with zero attached hydrogens (tertiary/aromatic N) is 4. The first kappa shape index (κ1) is 13.8. The predicted molar refractivity (Wildman–Crippen MR) is 66.7 cm³/mol. The Labute approximate surface area is 115 Å². The molecule has 1 aromatic heterocycles. The summed E-state index contributed by atoms with van der Waals surface area (Å²) in [6.45, 7) is 3.55. The van der Waals surface area contributed by atoms with Crippen molar-refractivity contribution in [3.05, 3.63) is 11.4 Å². The molecule has 8 heteroatoms. The molecule has 0 unspecified atom stereocenters. The summed E-state index contributed by atoms with van der Waals surface area (Å²) < 4.78 is 6.22. The standard InChI is InChI=1S/C11H15ClN4O3/c1-2-19-11(18)10-8(6-12)16(14-13-10)7-9(17)15-4-3-5-15/h2-7H2,1H3. The van der Waals surface area contributed by atoms with Crippen molar-refractivity contribution in [3.8, 4) is 0 Å². The highest BCUT2D eigenvalue weighted by molar-refractivity contribution is 6.17. The van der Waals surface area contributed by atoms with Crippen LogP contribution in [-0.2, 0) is 22.0 Å². The summed E-state index contributed by atoms with van der Waals surface area (Å²) in [4.78, 5) is 25.2. The van der Waals surface area contributed by atoms with Crippen molar-refractivity contribution in [2.24, 2.45) is 0 Å². The van der Waals surface area contributed by atoms with Gasteiger partial charge in [0.1, 0.15) is 6.54 Å². The highest BCUT2D eigenvalue weighted by Crippen LogP contribution is 2.12. The topological polar surface area (TPSA) is 77.3 Å². The number of hydrogen-bond donors (Lipinski definition) is 0. The van der Waals surface area contributed by atoms with Gasteiger partial charge < -0.3 is 9.64 Å². The average Bonchev–Trinajstić information content (AvgIpc) is 2.69. The van der Waals surface area contributed by atoms with E-state index in [0.29, 0.717) is 5.69 Å². The van der Waals surface area contributed by atoms with Crippen molar-refractivity contribution in [2.75, 3.05) is 19.7 Å². The van der Waals surface area contributed by atoms with Gasteiger partial charge in [0.15, 0.2) is 5.69 Å². The molecule has 1 fully saturated rings. The maximum absolute atomic E-state index is 11.8. The molecule has 0 N–H and O–H groups in total. The van der Waals surface area contributed by atoms with Crippen molar-refractivity contribution in [2.45, 2.75) is 25.8 Å². The van der Waals surface area contributed by atoms with E-state index in [2.05, 4.69) is 10.3 Å². The number of likely N-dealkylation sites (tertiary alicyclic amines) is 1. The highest BCUT2D eigenvalue weighted by Gasteiger charge is 2.24. The Balaban J connectivity index is 2.12. The predicted octanol–water partition coefficient (Wildman–Crippen LogP) is 0.426. The quantitative estimate of drug-likeness (QED) is 0.579. The van der Waals surface area contributed by atoms with Gasteiger partial charge in [-0.05, 0) is 13.3 Å². The Morgan fingerprint density at radius 3 is 2.68 bits per heavy atom. The number of hydrogen-bond acceptors (Lipinski definition) is 5. The van der Waals surface area contributed by atoms with Crippen molar-refractivity contribution < 1.29 is 14.3 Å². The molecule has 1 aromatic rings. The van der Waals surface area contributed by atoms with Crippen LogP contribution in [0.1, 0.15) is 29.5 Å². The van der Waals surface area contributed by atoms with Crippen LogP contribution in [0.4, 0.5) is 0 Å². The van der Waals surface area contributed by atoms with Crippen molar-refractivity contribution in [1.82, 2.24) is 19.9 Å². The Hall–Kier alpha value is -1.63. The van der Waals surface area contributed by atoms with Crippen molar-refractivity contribution in [1.29, 1.82) is 0 Å². The van der Waals surface area contributed by atoms with Gasteiger partial charge in [-0.3, -0.25) is 4.79 Å². The molecule has 0 radical (unpaired) electrons. The van der Waals surface area contributed by atoms with E-state index in [4.69, 9.17) is 16.3 Å². The van der Waals surface area contributed by atoms with Gasteiger partial charge in [-0.15, -0.1) is 16.7 Å². The lowest BCUT2D eigenvalue weighted by Crippen LogP contribution is -2.44. The first-order valence-electron chi connectivity index (χ1n) is 6.10. The Morgan fingerprint density at radius 1 is 1.42 bits per heavy atom. The van der Waals surface area contributed by atoms with E-state index in [9.17, 15) is 9.59 Å². The zero-order chi connectivity index (χ0) is 13.8. The molecule has 0 aliphatic carbocycles. The SMILES string of the molecule is CCOC(=O)c1nnn(CC(=O)N2CCC2)c1CCl. The summed E-state index contributed by atoms with van der Waals surface area (Å²) in [5, 5.41) is 7.55. The Kier molecular flexibility index (Phi) is 4.36. The molecule has 1 amide bonds. The molecule has 2 heterocycles. The van der Waals surface area contributed by atoms with Gasteiger partial charge in [-0.25, -0.2) is 9.48 Å². The van der Waals surface area contributed by atoms with E-state index >= 15 is 0 Å². The minimum absolute atomic E-state index is 0.0436. The number of ether oxygens (including phenoxy) is 1. The molecule has 0 saturated carbocycles. The first-order valence-corrected chi connectivity index (χ1v) is 6.64. The molecular weight excluding hydrogens is 272 g/mol. The van der Waals surface area contributed by atoms with Gasteiger partial charge in [0.2, 0.25) is 5.91 Å². The lowest BCUT2D eigenvalue weighted by atomic mass is 10.2.